The lowest BCUT2D eigenvalue weighted by Crippen LogP contribution is -2.09. The van der Waals surface area contributed by atoms with E-state index in [0.717, 1.165) is 5.56 Å². The van der Waals surface area contributed by atoms with E-state index in [2.05, 4.69) is 0 Å². The van der Waals surface area contributed by atoms with Crippen LogP contribution in [-0.2, 0) is 4.74 Å². The summed E-state index contributed by atoms with van der Waals surface area (Å²) in [6, 6.07) is 10.7. The van der Waals surface area contributed by atoms with Crippen LogP contribution in [0.5, 0.6) is 23.0 Å². The van der Waals surface area contributed by atoms with Gasteiger partial charge in [0.15, 0.2) is 23.4 Å². The number of epoxide rings is 1. The molecule has 24 heavy (non-hydrogen) atoms. The van der Waals surface area contributed by atoms with Gasteiger partial charge in [0.05, 0.1) is 14.2 Å². The Hall–Kier alpha value is -2.73. The molecule has 2 aromatic rings. The molecule has 1 fully saturated rings. The second-order valence-corrected chi connectivity index (χ2v) is 5.56. The number of rotatable bonds is 5. The molecule has 0 amide bonds. The predicted octanol–water partition coefficient (Wildman–Crippen LogP) is 2.76. The molecule has 0 aromatic heterocycles. The van der Waals surface area contributed by atoms with Crippen LogP contribution < -0.4 is 18.9 Å². The molecule has 2 heterocycles. The summed E-state index contributed by atoms with van der Waals surface area (Å²) in [7, 11) is 3.10. The van der Waals surface area contributed by atoms with Crippen LogP contribution in [0.1, 0.15) is 22.0 Å². The molecular weight excluding hydrogens is 312 g/mol. The predicted molar refractivity (Wildman–Crippen MR) is 84.1 cm³/mol. The molecule has 2 aliphatic rings. The second-order valence-electron chi connectivity index (χ2n) is 5.56. The topological polar surface area (TPSA) is 66.5 Å². The lowest BCUT2D eigenvalue weighted by Gasteiger charge is -2.07. The number of benzene rings is 2. The zero-order chi connectivity index (χ0) is 16.7. The van der Waals surface area contributed by atoms with Gasteiger partial charge in [-0.2, -0.15) is 0 Å². The molecule has 0 unspecified atom stereocenters. The lowest BCUT2D eigenvalue weighted by molar-refractivity contribution is 0.0953. The number of carbonyl (C=O) groups excluding carboxylic acids is 1. The van der Waals surface area contributed by atoms with Gasteiger partial charge in [0.2, 0.25) is 6.79 Å². The first-order chi connectivity index (χ1) is 11.7. The van der Waals surface area contributed by atoms with E-state index in [-0.39, 0.29) is 18.7 Å². The molecule has 0 radical (unpaired) electrons. The van der Waals surface area contributed by atoms with Gasteiger partial charge >= 0.3 is 0 Å². The third kappa shape index (κ3) is 2.55. The van der Waals surface area contributed by atoms with Gasteiger partial charge in [0, 0.05) is 11.6 Å². The van der Waals surface area contributed by atoms with E-state index in [0.29, 0.717) is 28.6 Å². The number of Topliss-reactive ketones (excluding diaryl/α,β-unsaturated/α-hetero) is 1. The zero-order valence-electron chi connectivity index (χ0n) is 13.3. The van der Waals surface area contributed by atoms with Gasteiger partial charge in [0.1, 0.15) is 17.6 Å². The quantitative estimate of drug-likeness (QED) is 0.621. The summed E-state index contributed by atoms with van der Waals surface area (Å²) < 4.78 is 26.7. The Morgan fingerprint density at radius 2 is 1.71 bits per heavy atom. The third-order valence-electron chi connectivity index (χ3n) is 4.11. The van der Waals surface area contributed by atoms with E-state index in [1.807, 2.05) is 18.2 Å². The van der Waals surface area contributed by atoms with E-state index in [4.69, 9.17) is 23.7 Å². The van der Waals surface area contributed by atoms with Crippen molar-refractivity contribution in [2.24, 2.45) is 0 Å². The minimum atomic E-state index is -0.512. The number of hydrogen-bond donors (Lipinski definition) is 0. The maximum atomic E-state index is 12.7. The van der Waals surface area contributed by atoms with Gasteiger partial charge in [-0.15, -0.1) is 0 Å². The highest BCUT2D eigenvalue weighted by Gasteiger charge is 2.46. The van der Waals surface area contributed by atoms with Crippen LogP contribution in [0.15, 0.2) is 36.4 Å². The summed E-state index contributed by atoms with van der Waals surface area (Å²) in [5.41, 5.74) is 1.40. The van der Waals surface area contributed by atoms with Crippen LogP contribution in [0.25, 0.3) is 0 Å². The zero-order valence-corrected chi connectivity index (χ0v) is 13.3. The monoisotopic (exact) mass is 328 g/mol. The van der Waals surface area contributed by atoms with E-state index in [1.165, 1.54) is 0 Å². The molecule has 124 valence electrons. The fraction of sp³-hybridized carbons (Fsp3) is 0.278. The molecule has 0 bridgehead atoms. The summed E-state index contributed by atoms with van der Waals surface area (Å²) in [6.07, 6.45) is -0.786. The van der Waals surface area contributed by atoms with Crippen molar-refractivity contribution in [1.82, 2.24) is 0 Å². The lowest BCUT2D eigenvalue weighted by atomic mass is 10.0. The molecule has 2 aliphatic heterocycles. The molecule has 0 saturated carbocycles. The number of hydrogen-bond acceptors (Lipinski definition) is 6. The van der Waals surface area contributed by atoms with Crippen LogP contribution in [0.3, 0.4) is 0 Å². The van der Waals surface area contributed by atoms with Crippen LogP contribution in [0.4, 0.5) is 0 Å². The van der Waals surface area contributed by atoms with Crippen LogP contribution in [-0.4, -0.2) is 32.9 Å². The first-order valence-electron chi connectivity index (χ1n) is 7.52. The Balaban J connectivity index is 1.55. The number of carbonyl (C=O) groups is 1. The molecule has 0 aliphatic carbocycles. The largest absolute Gasteiger partial charge is 0.497 e. The second kappa shape index (κ2) is 5.72. The Bertz CT molecular complexity index is 778. The molecule has 4 rings (SSSR count). The van der Waals surface area contributed by atoms with Crippen molar-refractivity contribution in [1.29, 1.82) is 0 Å². The number of ether oxygens (including phenoxy) is 5. The number of methoxy groups -OCH3 is 2. The molecule has 1 saturated heterocycles. The van der Waals surface area contributed by atoms with Crippen LogP contribution in [0.2, 0.25) is 0 Å². The molecular formula is C18H16O6. The fourth-order valence-corrected chi connectivity index (χ4v) is 2.77. The maximum Gasteiger partial charge on any atom is 0.231 e. The van der Waals surface area contributed by atoms with Gasteiger partial charge in [-0.25, -0.2) is 0 Å². The molecule has 6 heteroatoms. The van der Waals surface area contributed by atoms with Crippen LogP contribution >= 0.6 is 0 Å². The van der Waals surface area contributed by atoms with Crippen molar-refractivity contribution < 1.29 is 28.5 Å². The highest BCUT2D eigenvalue weighted by Crippen LogP contribution is 2.44. The van der Waals surface area contributed by atoms with Gasteiger partial charge in [-0.3, -0.25) is 4.79 Å². The van der Waals surface area contributed by atoms with E-state index in [1.54, 1.807) is 32.4 Å². The molecule has 2 atom stereocenters. The van der Waals surface area contributed by atoms with Gasteiger partial charge in [-0.1, -0.05) is 6.07 Å². The molecule has 6 nitrogen and oxygen atoms in total. The fourth-order valence-electron chi connectivity index (χ4n) is 2.77. The van der Waals surface area contributed by atoms with Crippen molar-refractivity contribution >= 4 is 5.78 Å². The standard InChI is InChI=1S/C18H16O6/c1-20-12-5-11(6-13(8-12)21-2)16(19)18-17(24-18)10-3-4-14-15(7-10)23-9-22-14/h3-8,17-18H,9H2,1-2H3/t17-,18+/m0/s1. The Labute approximate surface area is 138 Å². The SMILES string of the molecule is COc1cc(OC)cc(C(=O)[C@H]2O[C@H]2c2ccc3c(c2)OCO3)c1. The normalized spacial score (nSPS) is 20.6. The minimum absolute atomic E-state index is 0.102. The maximum absolute atomic E-state index is 12.7. The first-order valence-corrected chi connectivity index (χ1v) is 7.52. The summed E-state index contributed by atoms with van der Waals surface area (Å²) >= 11 is 0. The van der Waals surface area contributed by atoms with Gasteiger partial charge < -0.3 is 23.7 Å². The van der Waals surface area contributed by atoms with E-state index >= 15 is 0 Å². The Kier molecular flexibility index (Phi) is 3.54. The Morgan fingerprint density at radius 1 is 1.00 bits per heavy atom. The summed E-state index contributed by atoms with van der Waals surface area (Å²) in [4.78, 5) is 12.7. The molecule has 0 N–H and O–H groups in total. The number of ketones is 1. The van der Waals surface area contributed by atoms with Crippen LogP contribution in [0, 0.1) is 0 Å². The van der Waals surface area contributed by atoms with Crippen molar-refractivity contribution in [3.8, 4) is 23.0 Å². The van der Waals surface area contributed by atoms with Crippen molar-refractivity contribution in [2.45, 2.75) is 12.2 Å². The van der Waals surface area contributed by atoms with Crippen molar-refractivity contribution in [3.05, 3.63) is 47.5 Å². The van der Waals surface area contributed by atoms with E-state index < -0.39 is 6.10 Å². The average molecular weight is 328 g/mol. The summed E-state index contributed by atoms with van der Waals surface area (Å²) in [5, 5.41) is 0. The average Bonchev–Trinajstić information content (AvgIpc) is 3.29. The highest BCUT2D eigenvalue weighted by molar-refractivity contribution is 6.02. The summed E-state index contributed by atoms with van der Waals surface area (Å²) in [5.74, 6) is 2.42. The molecule has 2 aromatic carbocycles. The third-order valence-corrected chi connectivity index (χ3v) is 4.11. The van der Waals surface area contributed by atoms with Crippen molar-refractivity contribution in [3.63, 3.8) is 0 Å². The Morgan fingerprint density at radius 3 is 2.42 bits per heavy atom. The van der Waals surface area contributed by atoms with Crippen molar-refractivity contribution in [2.75, 3.05) is 21.0 Å². The highest BCUT2D eigenvalue weighted by atomic mass is 16.7. The first kappa shape index (κ1) is 14.8. The van der Waals surface area contributed by atoms with Gasteiger partial charge in [-0.05, 0) is 29.8 Å². The summed E-state index contributed by atoms with van der Waals surface area (Å²) in [6.45, 7) is 0.219. The van der Waals surface area contributed by atoms with Gasteiger partial charge in [0.25, 0.3) is 0 Å². The van der Waals surface area contributed by atoms with E-state index in [9.17, 15) is 4.79 Å². The number of fused-ring (bicyclic) bond motifs is 1. The smallest absolute Gasteiger partial charge is 0.231 e. The minimum Gasteiger partial charge on any atom is -0.497 e. The molecule has 0 spiro atoms.